The summed E-state index contributed by atoms with van der Waals surface area (Å²) in [7, 11) is 1.73. The molecule has 0 unspecified atom stereocenters. The minimum atomic E-state index is -0.183. The Bertz CT molecular complexity index is 1090. The van der Waals surface area contributed by atoms with E-state index < -0.39 is 0 Å². The minimum Gasteiger partial charge on any atom is -0.492 e. The van der Waals surface area contributed by atoms with Gasteiger partial charge in [-0.15, -0.1) is 0 Å². The standard InChI is InChI=1S/C21H23N3O3S/c1-15-7-9-16(10-8-15)27-14-13-23(2)19(25)11-12-24-20(26)17-5-3-4-6-18(17)22-21(24)28/h3-10H,11-14H2,1-2H3,(H,22,28). The molecule has 0 saturated heterocycles. The van der Waals surface area contributed by atoms with Crippen molar-refractivity contribution in [3.05, 3.63) is 69.2 Å². The van der Waals surface area contributed by atoms with Crippen LogP contribution in [0.15, 0.2) is 53.3 Å². The molecule has 0 fully saturated rings. The molecular formula is C21H23N3O3S. The number of likely N-dealkylation sites (N-methyl/N-ethyl adjacent to an activating group) is 1. The van der Waals surface area contributed by atoms with Gasteiger partial charge < -0.3 is 14.6 Å². The number of hydrogen-bond donors (Lipinski definition) is 1. The number of nitrogens with one attached hydrogen (secondary N) is 1. The molecule has 0 aliphatic rings. The van der Waals surface area contributed by atoms with Gasteiger partial charge in [-0.1, -0.05) is 29.8 Å². The van der Waals surface area contributed by atoms with Gasteiger partial charge in [0.2, 0.25) is 5.91 Å². The van der Waals surface area contributed by atoms with Crippen LogP contribution in [0.2, 0.25) is 0 Å². The van der Waals surface area contributed by atoms with Crippen molar-refractivity contribution in [3.63, 3.8) is 0 Å². The van der Waals surface area contributed by atoms with Crippen LogP contribution in [0.3, 0.4) is 0 Å². The number of H-pyrrole nitrogens is 1. The molecule has 0 bridgehead atoms. The summed E-state index contributed by atoms with van der Waals surface area (Å²) in [4.78, 5) is 29.7. The smallest absolute Gasteiger partial charge is 0.262 e. The van der Waals surface area contributed by atoms with Crippen LogP contribution in [0.1, 0.15) is 12.0 Å². The van der Waals surface area contributed by atoms with Gasteiger partial charge in [0.25, 0.3) is 5.56 Å². The number of hydrogen-bond acceptors (Lipinski definition) is 4. The average molecular weight is 398 g/mol. The van der Waals surface area contributed by atoms with Gasteiger partial charge in [-0.2, -0.15) is 0 Å². The van der Waals surface area contributed by atoms with E-state index in [1.54, 1.807) is 24.1 Å². The van der Waals surface area contributed by atoms with Crippen LogP contribution in [-0.4, -0.2) is 40.6 Å². The van der Waals surface area contributed by atoms with Gasteiger partial charge in [-0.25, -0.2) is 0 Å². The van der Waals surface area contributed by atoms with E-state index in [0.29, 0.717) is 28.8 Å². The average Bonchev–Trinajstić information content (AvgIpc) is 2.69. The second-order valence-corrected chi connectivity index (χ2v) is 7.05. The van der Waals surface area contributed by atoms with E-state index in [1.165, 1.54) is 10.1 Å². The number of ether oxygens (including phenoxy) is 1. The molecule has 1 heterocycles. The molecule has 0 atom stereocenters. The molecule has 28 heavy (non-hydrogen) atoms. The molecular weight excluding hydrogens is 374 g/mol. The molecule has 7 heteroatoms. The minimum absolute atomic E-state index is 0.0676. The zero-order valence-corrected chi connectivity index (χ0v) is 16.8. The first-order valence-electron chi connectivity index (χ1n) is 9.11. The molecule has 1 N–H and O–H groups in total. The van der Waals surface area contributed by atoms with E-state index in [4.69, 9.17) is 17.0 Å². The Balaban J connectivity index is 1.56. The lowest BCUT2D eigenvalue weighted by molar-refractivity contribution is -0.130. The highest BCUT2D eigenvalue weighted by Gasteiger charge is 2.11. The molecule has 0 aliphatic carbocycles. The largest absolute Gasteiger partial charge is 0.492 e. The zero-order chi connectivity index (χ0) is 20.1. The predicted octanol–water partition coefficient (Wildman–Crippen LogP) is 3.30. The van der Waals surface area contributed by atoms with Crippen LogP contribution >= 0.6 is 12.2 Å². The predicted molar refractivity (Wildman–Crippen MR) is 112 cm³/mol. The summed E-state index contributed by atoms with van der Waals surface area (Å²) in [6, 6.07) is 15.0. The molecule has 0 radical (unpaired) electrons. The monoisotopic (exact) mass is 397 g/mol. The number of aromatic nitrogens is 2. The van der Waals surface area contributed by atoms with Crippen molar-refractivity contribution in [2.45, 2.75) is 19.9 Å². The number of carbonyl (C=O) groups excluding carboxylic acids is 1. The second-order valence-electron chi connectivity index (χ2n) is 6.66. The van der Waals surface area contributed by atoms with Gasteiger partial charge in [0.1, 0.15) is 12.4 Å². The van der Waals surface area contributed by atoms with Crippen LogP contribution < -0.4 is 10.3 Å². The maximum atomic E-state index is 12.6. The van der Waals surface area contributed by atoms with E-state index in [2.05, 4.69) is 4.98 Å². The summed E-state index contributed by atoms with van der Waals surface area (Å²) in [5.41, 5.74) is 1.69. The van der Waals surface area contributed by atoms with Crippen LogP contribution in [0, 0.1) is 11.7 Å². The Hall–Kier alpha value is -2.93. The fourth-order valence-electron chi connectivity index (χ4n) is 2.86. The molecule has 1 aromatic heterocycles. The molecule has 2 aromatic carbocycles. The first-order valence-corrected chi connectivity index (χ1v) is 9.52. The zero-order valence-electron chi connectivity index (χ0n) is 16.0. The van der Waals surface area contributed by atoms with E-state index in [-0.39, 0.29) is 24.4 Å². The Kier molecular flexibility index (Phi) is 6.26. The van der Waals surface area contributed by atoms with Crippen molar-refractivity contribution < 1.29 is 9.53 Å². The molecule has 1 amide bonds. The number of fused-ring (bicyclic) bond motifs is 1. The van der Waals surface area contributed by atoms with Crippen molar-refractivity contribution in [3.8, 4) is 5.75 Å². The fourth-order valence-corrected chi connectivity index (χ4v) is 3.14. The SMILES string of the molecule is Cc1ccc(OCCN(C)C(=O)CCn2c(=S)[nH]c3ccccc3c2=O)cc1. The van der Waals surface area contributed by atoms with Crippen molar-refractivity contribution in [2.24, 2.45) is 0 Å². The van der Waals surface area contributed by atoms with Gasteiger partial charge in [-0.05, 0) is 43.4 Å². The van der Waals surface area contributed by atoms with Gasteiger partial charge >= 0.3 is 0 Å². The maximum absolute atomic E-state index is 12.6. The number of amides is 1. The Morgan fingerprint density at radius 3 is 2.64 bits per heavy atom. The first kappa shape index (κ1) is 19.8. The highest BCUT2D eigenvalue weighted by Crippen LogP contribution is 2.11. The number of carbonyl (C=O) groups is 1. The summed E-state index contributed by atoms with van der Waals surface area (Å²) in [5, 5.41) is 0.559. The number of para-hydroxylation sites is 1. The Morgan fingerprint density at radius 2 is 1.89 bits per heavy atom. The Labute approximate surface area is 168 Å². The topological polar surface area (TPSA) is 67.3 Å². The van der Waals surface area contributed by atoms with Crippen LogP contribution in [-0.2, 0) is 11.3 Å². The highest BCUT2D eigenvalue weighted by atomic mass is 32.1. The first-order chi connectivity index (χ1) is 13.5. The molecule has 3 aromatic rings. The van der Waals surface area contributed by atoms with E-state index in [9.17, 15) is 9.59 Å². The number of benzene rings is 2. The lowest BCUT2D eigenvalue weighted by Gasteiger charge is -2.18. The van der Waals surface area contributed by atoms with Crippen LogP contribution in [0.4, 0.5) is 0 Å². The summed E-state index contributed by atoms with van der Waals surface area (Å²) < 4.78 is 7.42. The van der Waals surface area contributed by atoms with E-state index in [1.807, 2.05) is 43.3 Å². The third-order valence-corrected chi connectivity index (χ3v) is 4.90. The lowest BCUT2D eigenvalue weighted by atomic mass is 10.2. The third-order valence-electron chi connectivity index (χ3n) is 4.58. The van der Waals surface area contributed by atoms with Crippen molar-refractivity contribution in [2.75, 3.05) is 20.2 Å². The highest BCUT2D eigenvalue weighted by molar-refractivity contribution is 7.71. The summed E-state index contributed by atoms with van der Waals surface area (Å²) in [6.45, 7) is 3.12. The third kappa shape index (κ3) is 4.67. The van der Waals surface area contributed by atoms with Crippen LogP contribution in [0.25, 0.3) is 10.9 Å². The number of nitrogens with zero attached hydrogens (tertiary/aromatic N) is 2. The summed E-state index contributed by atoms with van der Waals surface area (Å²) >= 11 is 5.28. The van der Waals surface area contributed by atoms with Gasteiger partial charge in [0.05, 0.1) is 17.4 Å². The van der Waals surface area contributed by atoms with Crippen molar-refractivity contribution in [1.82, 2.24) is 14.5 Å². The normalized spacial score (nSPS) is 10.8. The van der Waals surface area contributed by atoms with Crippen LogP contribution in [0.5, 0.6) is 5.75 Å². The quantitative estimate of drug-likeness (QED) is 0.621. The number of aromatic amines is 1. The summed E-state index contributed by atoms with van der Waals surface area (Å²) in [6.07, 6.45) is 0.191. The fraction of sp³-hybridized carbons (Fsp3) is 0.286. The Morgan fingerprint density at radius 1 is 1.18 bits per heavy atom. The molecule has 0 saturated carbocycles. The second kappa shape index (κ2) is 8.84. The van der Waals surface area contributed by atoms with Gasteiger partial charge in [-0.3, -0.25) is 14.2 Å². The molecule has 3 rings (SSSR count). The summed E-state index contributed by atoms with van der Waals surface area (Å²) in [5.74, 6) is 0.711. The van der Waals surface area contributed by atoms with E-state index in [0.717, 1.165) is 5.75 Å². The number of rotatable bonds is 7. The molecule has 6 nitrogen and oxygen atoms in total. The molecule has 0 aliphatic heterocycles. The lowest BCUT2D eigenvalue weighted by Crippen LogP contribution is -2.32. The number of aryl methyl sites for hydroxylation is 1. The van der Waals surface area contributed by atoms with Gasteiger partial charge in [0, 0.05) is 20.0 Å². The molecule has 146 valence electrons. The van der Waals surface area contributed by atoms with Crippen molar-refractivity contribution in [1.29, 1.82) is 0 Å². The molecule has 0 spiro atoms. The maximum Gasteiger partial charge on any atom is 0.262 e. The van der Waals surface area contributed by atoms with Gasteiger partial charge in [0.15, 0.2) is 4.77 Å². The van der Waals surface area contributed by atoms with Crippen molar-refractivity contribution >= 4 is 29.0 Å². The van der Waals surface area contributed by atoms with E-state index >= 15 is 0 Å².